The molecule has 2 rings (SSSR count). The molecule has 0 amide bonds. The van der Waals surface area contributed by atoms with Crippen molar-refractivity contribution in [1.82, 2.24) is 4.57 Å². The molecule has 0 radical (unpaired) electrons. The largest absolute Gasteiger partial charge is 0.497 e. The predicted octanol–water partition coefficient (Wildman–Crippen LogP) is 2.82. The van der Waals surface area contributed by atoms with Crippen molar-refractivity contribution in [1.29, 1.82) is 0 Å². The number of carboxylic acid groups (broad SMARTS) is 1. The maximum Gasteiger partial charge on any atom is 0.341 e. The second-order valence-corrected chi connectivity index (χ2v) is 4.98. The Morgan fingerprint density at radius 3 is 2.67 bits per heavy atom. The average molecular weight is 289 g/mol. The lowest BCUT2D eigenvalue weighted by molar-refractivity contribution is 0.0694. The van der Waals surface area contributed by atoms with Crippen molar-refractivity contribution in [3.63, 3.8) is 0 Å². The summed E-state index contributed by atoms with van der Waals surface area (Å²) in [5.74, 6) is -0.644. The lowest BCUT2D eigenvalue weighted by Crippen LogP contribution is -2.22. The molecule has 0 aliphatic carbocycles. The molecule has 2 aromatic rings. The number of aryl methyl sites for hydroxylation is 1. The van der Waals surface area contributed by atoms with Gasteiger partial charge in [-0.1, -0.05) is 13.3 Å². The SMILES string of the molecule is CCCCn1c(C)c(C(=O)O)c(=O)c2cc(OC)ccc21. The fourth-order valence-corrected chi connectivity index (χ4v) is 2.53. The van der Waals surface area contributed by atoms with E-state index in [9.17, 15) is 14.7 Å². The molecule has 1 N–H and O–H groups in total. The van der Waals surface area contributed by atoms with Crippen molar-refractivity contribution < 1.29 is 14.6 Å². The molecular formula is C16H19NO4. The summed E-state index contributed by atoms with van der Waals surface area (Å²) in [6, 6.07) is 5.19. The van der Waals surface area contributed by atoms with Gasteiger partial charge in [0, 0.05) is 12.2 Å². The summed E-state index contributed by atoms with van der Waals surface area (Å²) in [7, 11) is 1.52. The normalized spacial score (nSPS) is 10.8. The lowest BCUT2D eigenvalue weighted by Gasteiger charge is -2.17. The third-order valence-electron chi connectivity index (χ3n) is 3.68. The zero-order chi connectivity index (χ0) is 15.6. The Morgan fingerprint density at radius 1 is 1.38 bits per heavy atom. The van der Waals surface area contributed by atoms with Gasteiger partial charge >= 0.3 is 5.97 Å². The molecule has 0 aliphatic heterocycles. The summed E-state index contributed by atoms with van der Waals surface area (Å²) < 4.78 is 7.04. The molecule has 1 aromatic heterocycles. The van der Waals surface area contributed by atoms with Crippen LogP contribution in [0.25, 0.3) is 10.9 Å². The van der Waals surface area contributed by atoms with Crippen molar-refractivity contribution in [2.45, 2.75) is 33.2 Å². The summed E-state index contributed by atoms with van der Waals surface area (Å²) in [6.07, 6.45) is 1.91. The number of carbonyl (C=O) groups is 1. The maximum atomic E-state index is 12.4. The Labute approximate surface area is 122 Å². The zero-order valence-corrected chi connectivity index (χ0v) is 12.5. The molecule has 21 heavy (non-hydrogen) atoms. The molecular weight excluding hydrogens is 270 g/mol. The molecule has 0 saturated heterocycles. The second kappa shape index (κ2) is 5.99. The first-order chi connectivity index (χ1) is 10.0. The number of pyridine rings is 1. The summed E-state index contributed by atoms with van der Waals surface area (Å²) in [6.45, 7) is 4.44. The smallest absolute Gasteiger partial charge is 0.341 e. The number of ether oxygens (including phenoxy) is 1. The van der Waals surface area contributed by atoms with Crippen LogP contribution in [0.2, 0.25) is 0 Å². The van der Waals surface area contributed by atoms with E-state index in [0.29, 0.717) is 23.4 Å². The molecule has 0 spiro atoms. The predicted molar refractivity (Wildman–Crippen MR) is 81.4 cm³/mol. The second-order valence-electron chi connectivity index (χ2n) is 4.98. The van der Waals surface area contributed by atoms with E-state index in [-0.39, 0.29) is 5.56 Å². The van der Waals surface area contributed by atoms with E-state index in [1.165, 1.54) is 7.11 Å². The van der Waals surface area contributed by atoms with E-state index in [1.54, 1.807) is 19.1 Å². The van der Waals surface area contributed by atoms with E-state index in [2.05, 4.69) is 6.92 Å². The third-order valence-corrected chi connectivity index (χ3v) is 3.68. The molecule has 0 fully saturated rings. The molecule has 0 atom stereocenters. The van der Waals surface area contributed by atoms with Gasteiger partial charge in [-0.3, -0.25) is 4.79 Å². The number of aromatic nitrogens is 1. The molecule has 0 saturated carbocycles. The number of rotatable bonds is 5. The van der Waals surface area contributed by atoms with Crippen LogP contribution in [-0.2, 0) is 6.54 Å². The number of nitrogens with zero attached hydrogens (tertiary/aromatic N) is 1. The minimum atomic E-state index is -1.19. The van der Waals surface area contributed by atoms with E-state index in [0.717, 1.165) is 18.4 Å². The number of fused-ring (bicyclic) bond motifs is 1. The van der Waals surface area contributed by atoms with Crippen LogP contribution in [0.5, 0.6) is 5.75 Å². The van der Waals surface area contributed by atoms with Gasteiger partial charge in [-0.05, 0) is 31.5 Å². The van der Waals surface area contributed by atoms with Crippen LogP contribution in [0.4, 0.5) is 0 Å². The van der Waals surface area contributed by atoms with Crippen LogP contribution in [0, 0.1) is 6.92 Å². The first-order valence-electron chi connectivity index (χ1n) is 6.95. The highest BCUT2D eigenvalue weighted by Crippen LogP contribution is 2.22. The number of methoxy groups -OCH3 is 1. The van der Waals surface area contributed by atoms with Gasteiger partial charge < -0.3 is 14.4 Å². The number of aromatic carboxylic acids is 1. The van der Waals surface area contributed by atoms with Crippen molar-refractivity contribution in [3.8, 4) is 5.75 Å². The fraction of sp³-hybridized carbons (Fsp3) is 0.375. The van der Waals surface area contributed by atoms with E-state index < -0.39 is 11.4 Å². The summed E-state index contributed by atoms with van der Waals surface area (Å²) >= 11 is 0. The van der Waals surface area contributed by atoms with Gasteiger partial charge in [0.25, 0.3) is 0 Å². The highest BCUT2D eigenvalue weighted by Gasteiger charge is 2.19. The van der Waals surface area contributed by atoms with Crippen molar-refractivity contribution >= 4 is 16.9 Å². The molecule has 5 heteroatoms. The standard InChI is InChI=1S/C16H19NO4/c1-4-5-8-17-10(2)14(16(19)20)15(18)12-9-11(21-3)6-7-13(12)17/h6-7,9H,4-5,8H2,1-3H3,(H,19,20). The van der Waals surface area contributed by atoms with Crippen LogP contribution in [0.1, 0.15) is 35.8 Å². The number of unbranched alkanes of at least 4 members (excludes halogenated alkanes) is 1. The topological polar surface area (TPSA) is 68.5 Å². The summed E-state index contributed by atoms with van der Waals surface area (Å²) in [4.78, 5) is 23.9. The molecule has 0 bridgehead atoms. The average Bonchev–Trinajstić information content (AvgIpc) is 2.46. The van der Waals surface area contributed by atoms with Gasteiger partial charge in [-0.25, -0.2) is 4.79 Å². The van der Waals surface area contributed by atoms with Crippen LogP contribution in [0.15, 0.2) is 23.0 Å². The van der Waals surface area contributed by atoms with Gasteiger partial charge in [-0.2, -0.15) is 0 Å². The first-order valence-corrected chi connectivity index (χ1v) is 6.95. The van der Waals surface area contributed by atoms with Crippen LogP contribution < -0.4 is 10.2 Å². The molecule has 5 nitrogen and oxygen atoms in total. The van der Waals surface area contributed by atoms with Gasteiger partial charge in [0.2, 0.25) is 5.43 Å². The van der Waals surface area contributed by atoms with E-state index in [1.807, 2.05) is 10.6 Å². The lowest BCUT2D eigenvalue weighted by atomic mass is 10.1. The van der Waals surface area contributed by atoms with Gasteiger partial charge in [0.05, 0.1) is 18.0 Å². The van der Waals surface area contributed by atoms with Crippen molar-refractivity contribution in [3.05, 3.63) is 39.7 Å². The minimum Gasteiger partial charge on any atom is -0.497 e. The molecule has 112 valence electrons. The molecule has 0 aliphatic rings. The summed E-state index contributed by atoms with van der Waals surface area (Å²) in [5.41, 5.74) is 0.629. The van der Waals surface area contributed by atoms with Crippen LogP contribution in [-0.4, -0.2) is 22.8 Å². The minimum absolute atomic E-state index is 0.160. The van der Waals surface area contributed by atoms with Crippen LogP contribution in [0.3, 0.4) is 0 Å². The van der Waals surface area contributed by atoms with Gasteiger partial charge in [-0.15, -0.1) is 0 Å². The Kier molecular flexibility index (Phi) is 4.31. The van der Waals surface area contributed by atoms with E-state index >= 15 is 0 Å². The Hall–Kier alpha value is -2.30. The highest BCUT2D eigenvalue weighted by atomic mass is 16.5. The number of carboxylic acids is 1. The van der Waals surface area contributed by atoms with Crippen LogP contribution >= 0.6 is 0 Å². The third kappa shape index (κ3) is 2.63. The maximum absolute atomic E-state index is 12.4. The van der Waals surface area contributed by atoms with Crippen molar-refractivity contribution in [2.75, 3.05) is 7.11 Å². The quantitative estimate of drug-likeness (QED) is 0.919. The van der Waals surface area contributed by atoms with Gasteiger partial charge in [0.1, 0.15) is 11.3 Å². The number of hydrogen-bond donors (Lipinski definition) is 1. The zero-order valence-electron chi connectivity index (χ0n) is 12.5. The number of benzene rings is 1. The molecule has 1 heterocycles. The van der Waals surface area contributed by atoms with E-state index in [4.69, 9.17) is 4.74 Å². The number of hydrogen-bond acceptors (Lipinski definition) is 3. The Bertz CT molecular complexity index is 746. The summed E-state index contributed by atoms with van der Waals surface area (Å²) in [5, 5.41) is 9.72. The Balaban J connectivity index is 2.85. The van der Waals surface area contributed by atoms with Gasteiger partial charge in [0.15, 0.2) is 0 Å². The molecule has 0 unspecified atom stereocenters. The first kappa shape index (κ1) is 15.1. The van der Waals surface area contributed by atoms with Crippen molar-refractivity contribution in [2.24, 2.45) is 0 Å². The molecule has 1 aromatic carbocycles. The highest BCUT2D eigenvalue weighted by molar-refractivity contribution is 5.94. The monoisotopic (exact) mass is 289 g/mol. The fourth-order valence-electron chi connectivity index (χ4n) is 2.53. The Morgan fingerprint density at radius 2 is 2.10 bits per heavy atom.